The number of hydrogen-bond acceptors (Lipinski definition) is 2. The van der Waals surface area contributed by atoms with Gasteiger partial charge < -0.3 is 10.1 Å². The van der Waals surface area contributed by atoms with Crippen molar-refractivity contribution in [2.24, 2.45) is 0 Å². The predicted molar refractivity (Wildman–Crippen MR) is 128 cm³/mol. The fourth-order valence-electron chi connectivity index (χ4n) is 3.65. The fraction of sp³-hybridized carbons (Fsp3) is 0.286. The smallest absolute Gasteiger partial charge is 0.146 e. The van der Waals surface area contributed by atoms with Gasteiger partial charge in [-0.05, 0) is 87.6 Å². The van der Waals surface area contributed by atoms with E-state index in [4.69, 9.17) is 11.2 Å². The zero-order valence-electron chi connectivity index (χ0n) is 18.5. The molecular formula is C28H30FNO. The number of halogens is 1. The summed E-state index contributed by atoms with van der Waals surface area (Å²) in [6.45, 7) is 6.74. The number of hydrogen-bond donors (Lipinski definition) is 1. The van der Waals surface area contributed by atoms with E-state index in [0.29, 0.717) is 12.3 Å². The molecule has 3 aromatic carbocycles. The number of nitrogens with one attached hydrogen (secondary N) is 1. The van der Waals surface area contributed by atoms with Crippen molar-refractivity contribution < 1.29 is 9.13 Å². The molecule has 0 fully saturated rings. The van der Waals surface area contributed by atoms with Crippen molar-refractivity contribution in [1.29, 1.82) is 0 Å². The van der Waals surface area contributed by atoms with Crippen LogP contribution >= 0.6 is 0 Å². The second kappa shape index (κ2) is 10.2. The molecule has 1 N–H and O–H groups in total. The van der Waals surface area contributed by atoms with Gasteiger partial charge in [0.05, 0.1) is 17.7 Å². The van der Waals surface area contributed by atoms with E-state index >= 15 is 0 Å². The first-order valence-corrected chi connectivity index (χ1v) is 10.8. The van der Waals surface area contributed by atoms with Gasteiger partial charge in [-0.1, -0.05) is 41.8 Å². The second-order valence-corrected chi connectivity index (χ2v) is 8.09. The van der Waals surface area contributed by atoms with Gasteiger partial charge in [-0.25, -0.2) is 4.39 Å². The molecule has 160 valence electrons. The average molecular weight is 416 g/mol. The maximum Gasteiger partial charge on any atom is 0.146 e. The third-order valence-corrected chi connectivity index (χ3v) is 5.62. The summed E-state index contributed by atoms with van der Waals surface area (Å²) in [7, 11) is 0. The van der Waals surface area contributed by atoms with Crippen LogP contribution in [0.3, 0.4) is 0 Å². The van der Waals surface area contributed by atoms with Gasteiger partial charge in [0.2, 0.25) is 0 Å². The monoisotopic (exact) mass is 415 g/mol. The first-order valence-electron chi connectivity index (χ1n) is 10.8. The highest BCUT2D eigenvalue weighted by Crippen LogP contribution is 2.31. The minimum atomic E-state index is -0.353. The van der Waals surface area contributed by atoms with Gasteiger partial charge in [0.15, 0.2) is 0 Å². The summed E-state index contributed by atoms with van der Waals surface area (Å²) in [6, 6.07) is 21.2. The molecule has 0 aliphatic heterocycles. The summed E-state index contributed by atoms with van der Waals surface area (Å²) in [6.07, 6.45) is 8.49. The van der Waals surface area contributed by atoms with Crippen molar-refractivity contribution in [3.8, 4) is 18.1 Å². The Morgan fingerprint density at radius 2 is 1.74 bits per heavy atom. The molecule has 0 bridgehead atoms. The predicted octanol–water partition coefficient (Wildman–Crippen LogP) is 7.19. The van der Waals surface area contributed by atoms with Crippen molar-refractivity contribution in [2.75, 3.05) is 11.9 Å². The molecule has 0 amide bonds. The second-order valence-electron chi connectivity index (χ2n) is 8.09. The first kappa shape index (κ1) is 22.4. The molecule has 3 heteroatoms. The summed E-state index contributed by atoms with van der Waals surface area (Å²) in [4.78, 5) is 0. The summed E-state index contributed by atoms with van der Waals surface area (Å²) in [5.74, 6) is 3.57. The van der Waals surface area contributed by atoms with Crippen LogP contribution < -0.4 is 10.1 Å². The van der Waals surface area contributed by atoms with Crippen LogP contribution in [-0.4, -0.2) is 6.61 Å². The van der Waals surface area contributed by atoms with Crippen molar-refractivity contribution in [3.05, 3.63) is 89.2 Å². The number of benzene rings is 3. The Morgan fingerprint density at radius 1 is 1.03 bits per heavy atom. The van der Waals surface area contributed by atoms with Gasteiger partial charge in [-0.3, -0.25) is 0 Å². The molecule has 1 unspecified atom stereocenters. The number of ether oxygens (including phenoxy) is 1. The standard InChI is InChI=1S/C28H30FNO/c1-5-28(4,23-12-16-25(17-13-23)31-6-2)19-7-8-22-11-18-26(29)27(20-22)30-24-14-9-21(3)10-15-24/h1,9-18,20,30H,6-8,19H2,2-4H3. The maximum atomic E-state index is 14.3. The Bertz CT molecular complexity index is 1030. The highest BCUT2D eigenvalue weighted by molar-refractivity contribution is 5.61. The van der Waals surface area contributed by atoms with Crippen LogP contribution in [0, 0.1) is 25.1 Å². The molecule has 0 aliphatic carbocycles. The fourth-order valence-corrected chi connectivity index (χ4v) is 3.65. The molecule has 0 heterocycles. The lowest BCUT2D eigenvalue weighted by molar-refractivity contribution is 0.340. The van der Waals surface area contributed by atoms with Gasteiger partial charge in [-0.15, -0.1) is 6.42 Å². The molecule has 0 spiro atoms. The molecule has 31 heavy (non-hydrogen) atoms. The van der Waals surface area contributed by atoms with Gasteiger partial charge in [0.25, 0.3) is 0 Å². The minimum Gasteiger partial charge on any atom is -0.494 e. The minimum absolute atomic E-state index is 0.257. The van der Waals surface area contributed by atoms with Crippen molar-refractivity contribution >= 4 is 11.4 Å². The average Bonchev–Trinajstić information content (AvgIpc) is 2.78. The number of aryl methyl sites for hydroxylation is 2. The quantitative estimate of drug-likeness (QED) is 0.373. The molecule has 3 aromatic rings. The van der Waals surface area contributed by atoms with Crippen LogP contribution in [0.5, 0.6) is 5.75 Å². The maximum absolute atomic E-state index is 14.3. The molecule has 2 nitrogen and oxygen atoms in total. The Hall–Kier alpha value is -3.25. The number of anilines is 2. The zero-order chi connectivity index (χ0) is 22.3. The van der Waals surface area contributed by atoms with Gasteiger partial charge >= 0.3 is 0 Å². The van der Waals surface area contributed by atoms with Crippen LogP contribution in [0.15, 0.2) is 66.7 Å². The van der Waals surface area contributed by atoms with Crippen LogP contribution in [0.4, 0.5) is 15.8 Å². The summed E-state index contributed by atoms with van der Waals surface area (Å²) < 4.78 is 19.8. The van der Waals surface area contributed by atoms with Crippen molar-refractivity contribution in [2.45, 2.75) is 45.4 Å². The topological polar surface area (TPSA) is 21.3 Å². The summed E-state index contributed by atoms with van der Waals surface area (Å²) in [5, 5.41) is 3.18. The van der Waals surface area contributed by atoms with E-state index in [2.05, 4.69) is 18.2 Å². The number of rotatable bonds is 9. The van der Waals surface area contributed by atoms with Crippen molar-refractivity contribution in [1.82, 2.24) is 0 Å². The van der Waals surface area contributed by atoms with Gasteiger partial charge in [0.1, 0.15) is 11.6 Å². The Morgan fingerprint density at radius 3 is 2.39 bits per heavy atom. The summed E-state index contributed by atoms with van der Waals surface area (Å²) >= 11 is 0. The lowest BCUT2D eigenvalue weighted by Crippen LogP contribution is -2.19. The van der Waals surface area contributed by atoms with Crippen molar-refractivity contribution in [3.63, 3.8) is 0 Å². The normalized spacial score (nSPS) is 12.6. The van der Waals surface area contributed by atoms with E-state index in [1.54, 1.807) is 0 Å². The largest absolute Gasteiger partial charge is 0.494 e. The molecule has 0 aromatic heterocycles. The van der Waals surface area contributed by atoms with E-state index < -0.39 is 0 Å². The first-order chi connectivity index (χ1) is 14.9. The van der Waals surface area contributed by atoms with Crippen LogP contribution in [0.25, 0.3) is 0 Å². The van der Waals surface area contributed by atoms with E-state index in [1.165, 1.54) is 11.6 Å². The Balaban J connectivity index is 1.64. The van der Waals surface area contributed by atoms with Gasteiger partial charge in [-0.2, -0.15) is 0 Å². The van der Waals surface area contributed by atoms with Gasteiger partial charge in [0, 0.05) is 5.69 Å². The molecule has 0 saturated carbocycles. The SMILES string of the molecule is C#CC(C)(CCCc1ccc(F)c(Nc2ccc(C)cc2)c1)c1ccc(OCC)cc1. The third kappa shape index (κ3) is 5.89. The van der Waals surface area contributed by atoms with Crippen LogP contribution in [0.2, 0.25) is 0 Å². The van der Waals surface area contributed by atoms with Crippen LogP contribution in [0.1, 0.15) is 43.4 Å². The van der Waals surface area contributed by atoms with E-state index in [-0.39, 0.29) is 11.2 Å². The van der Waals surface area contributed by atoms with E-state index in [9.17, 15) is 4.39 Å². The van der Waals surface area contributed by atoms with Crippen LogP contribution in [-0.2, 0) is 11.8 Å². The molecule has 1 atom stereocenters. The molecule has 0 saturated heterocycles. The molecule has 0 aliphatic rings. The summed E-state index contributed by atoms with van der Waals surface area (Å²) in [5.41, 5.74) is 4.38. The highest BCUT2D eigenvalue weighted by Gasteiger charge is 2.23. The third-order valence-electron chi connectivity index (χ3n) is 5.62. The Kier molecular flexibility index (Phi) is 7.36. The van der Waals surface area contributed by atoms with E-state index in [0.717, 1.165) is 41.8 Å². The molecule has 3 rings (SSSR count). The molecule has 0 radical (unpaired) electrons. The lowest BCUT2D eigenvalue weighted by atomic mass is 9.78. The molecular weight excluding hydrogens is 385 g/mol. The zero-order valence-corrected chi connectivity index (χ0v) is 18.5. The van der Waals surface area contributed by atoms with E-state index in [1.807, 2.05) is 74.5 Å². The Labute approximate surface area is 185 Å². The highest BCUT2D eigenvalue weighted by atomic mass is 19.1. The lowest BCUT2D eigenvalue weighted by Gasteiger charge is -2.24. The number of terminal acetylenes is 1.